The summed E-state index contributed by atoms with van der Waals surface area (Å²) in [6, 6.07) is 4.15. The maximum Gasteiger partial charge on any atom is 0.306 e. The Morgan fingerprint density at radius 3 is 2.78 bits per heavy atom. The van der Waals surface area contributed by atoms with Crippen LogP contribution in [0.15, 0.2) is 18.2 Å². The molecule has 0 saturated heterocycles. The van der Waals surface area contributed by atoms with E-state index in [2.05, 4.69) is 4.74 Å². The van der Waals surface area contributed by atoms with Crippen LogP contribution in [0.25, 0.3) is 0 Å². The molecule has 18 heavy (non-hydrogen) atoms. The average molecular weight is 251 g/mol. The fourth-order valence-electron chi connectivity index (χ4n) is 2.37. The number of benzene rings is 1. The van der Waals surface area contributed by atoms with Crippen molar-refractivity contribution in [2.45, 2.75) is 18.8 Å². The normalized spacial score (nSPS) is 22.0. The van der Waals surface area contributed by atoms with E-state index in [0.717, 1.165) is 0 Å². The molecule has 0 fully saturated rings. The number of fused-ring (bicyclic) bond motifs is 1. The van der Waals surface area contributed by atoms with Crippen molar-refractivity contribution in [3.8, 4) is 0 Å². The summed E-state index contributed by atoms with van der Waals surface area (Å²) in [5.74, 6) is -1.14. The third-order valence-electron chi connectivity index (χ3n) is 3.42. The smallest absolute Gasteiger partial charge is 0.306 e. The zero-order valence-corrected chi connectivity index (χ0v) is 10.5. The van der Waals surface area contributed by atoms with Crippen molar-refractivity contribution in [2.75, 3.05) is 19.1 Å². The molecular weight excluding hydrogens is 237 g/mol. The summed E-state index contributed by atoms with van der Waals surface area (Å²) in [6.45, 7) is 1.63. The average Bonchev–Trinajstić information content (AvgIpc) is 2.52. The lowest BCUT2D eigenvalue weighted by molar-refractivity contribution is -0.144. The SMILES string of the molecule is COC(=O)CC1(C)C(=O)N(C)c2ccc(F)cc21. The van der Waals surface area contributed by atoms with Crippen molar-refractivity contribution < 1.29 is 18.7 Å². The fourth-order valence-corrected chi connectivity index (χ4v) is 2.37. The second-order valence-electron chi connectivity index (χ2n) is 4.61. The summed E-state index contributed by atoms with van der Waals surface area (Å²) in [4.78, 5) is 25.1. The van der Waals surface area contributed by atoms with Gasteiger partial charge in [0.25, 0.3) is 0 Å². The van der Waals surface area contributed by atoms with Gasteiger partial charge in [0.2, 0.25) is 5.91 Å². The molecule has 1 atom stereocenters. The van der Waals surface area contributed by atoms with Crippen LogP contribution < -0.4 is 4.90 Å². The zero-order chi connectivity index (χ0) is 13.5. The maximum atomic E-state index is 13.3. The number of likely N-dealkylation sites (N-methyl/N-ethyl adjacent to an activating group) is 1. The van der Waals surface area contributed by atoms with Gasteiger partial charge in [-0.3, -0.25) is 9.59 Å². The van der Waals surface area contributed by atoms with Gasteiger partial charge >= 0.3 is 5.97 Å². The lowest BCUT2D eigenvalue weighted by Gasteiger charge is -2.21. The van der Waals surface area contributed by atoms with E-state index in [4.69, 9.17) is 0 Å². The van der Waals surface area contributed by atoms with Crippen LogP contribution in [0.2, 0.25) is 0 Å². The molecule has 0 aliphatic carbocycles. The quantitative estimate of drug-likeness (QED) is 0.750. The third-order valence-corrected chi connectivity index (χ3v) is 3.42. The van der Waals surface area contributed by atoms with Gasteiger partial charge in [-0.1, -0.05) is 0 Å². The Kier molecular flexibility index (Phi) is 2.84. The van der Waals surface area contributed by atoms with Crippen LogP contribution >= 0.6 is 0 Å². The molecular formula is C13H14FNO3. The molecule has 96 valence electrons. The van der Waals surface area contributed by atoms with Gasteiger partial charge in [-0.2, -0.15) is 0 Å². The van der Waals surface area contributed by atoms with Crippen molar-refractivity contribution in [2.24, 2.45) is 0 Å². The standard InChI is InChI=1S/C13H14FNO3/c1-13(7-11(16)18-3)9-6-8(14)4-5-10(9)15(2)12(13)17/h4-6H,7H2,1-3H3. The molecule has 0 bridgehead atoms. The number of ether oxygens (including phenoxy) is 1. The zero-order valence-electron chi connectivity index (χ0n) is 10.5. The van der Waals surface area contributed by atoms with Gasteiger partial charge in [-0.05, 0) is 30.7 Å². The van der Waals surface area contributed by atoms with Gasteiger partial charge in [-0.25, -0.2) is 4.39 Å². The molecule has 1 aromatic carbocycles. The summed E-state index contributed by atoms with van der Waals surface area (Å²) in [7, 11) is 2.88. The van der Waals surface area contributed by atoms with Gasteiger partial charge < -0.3 is 9.64 Å². The summed E-state index contributed by atoms with van der Waals surface area (Å²) < 4.78 is 17.9. The summed E-state index contributed by atoms with van der Waals surface area (Å²) in [5, 5.41) is 0. The van der Waals surface area contributed by atoms with E-state index in [1.54, 1.807) is 20.0 Å². The Morgan fingerprint density at radius 1 is 1.50 bits per heavy atom. The maximum absolute atomic E-state index is 13.3. The van der Waals surface area contributed by atoms with Crippen LogP contribution in [0.5, 0.6) is 0 Å². The van der Waals surface area contributed by atoms with E-state index < -0.39 is 17.2 Å². The highest BCUT2D eigenvalue weighted by Crippen LogP contribution is 2.43. The van der Waals surface area contributed by atoms with Gasteiger partial charge in [0.05, 0.1) is 18.9 Å². The van der Waals surface area contributed by atoms with Crippen molar-refractivity contribution in [1.82, 2.24) is 0 Å². The number of amides is 1. The van der Waals surface area contributed by atoms with Crippen molar-refractivity contribution >= 4 is 17.6 Å². The molecule has 1 aromatic rings. The predicted octanol–water partition coefficient (Wildman–Crippen LogP) is 1.62. The number of halogens is 1. The monoisotopic (exact) mass is 251 g/mol. The Morgan fingerprint density at radius 2 is 2.17 bits per heavy atom. The summed E-state index contributed by atoms with van der Waals surface area (Å²) in [6.07, 6.45) is -0.0941. The van der Waals surface area contributed by atoms with Crippen molar-refractivity contribution in [3.63, 3.8) is 0 Å². The minimum Gasteiger partial charge on any atom is -0.469 e. The number of carbonyl (C=O) groups is 2. The first kappa shape index (κ1) is 12.5. The second kappa shape index (κ2) is 4.08. The molecule has 4 nitrogen and oxygen atoms in total. The predicted molar refractivity (Wildman–Crippen MR) is 63.8 cm³/mol. The van der Waals surface area contributed by atoms with E-state index in [9.17, 15) is 14.0 Å². The Labute approximate surface area is 104 Å². The molecule has 1 aliphatic heterocycles. The van der Waals surface area contributed by atoms with Crippen LogP contribution in [0.1, 0.15) is 18.9 Å². The first-order valence-electron chi connectivity index (χ1n) is 5.55. The van der Waals surface area contributed by atoms with Crippen molar-refractivity contribution in [3.05, 3.63) is 29.6 Å². The Balaban J connectivity index is 2.53. The van der Waals surface area contributed by atoms with E-state index >= 15 is 0 Å². The number of hydrogen-bond donors (Lipinski definition) is 0. The van der Waals surface area contributed by atoms with Gasteiger partial charge in [-0.15, -0.1) is 0 Å². The number of carbonyl (C=O) groups excluding carboxylic acids is 2. The van der Waals surface area contributed by atoms with Crippen LogP contribution in [-0.2, 0) is 19.7 Å². The van der Waals surface area contributed by atoms with Crippen molar-refractivity contribution in [1.29, 1.82) is 0 Å². The van der Waals surface area contributed by atoms with Crippen LogP contribution in [-0.4, -0.2) is 26.0 Å². The molecule has 1 amide bonds. The van der Waals surface area contributed by atoms with Gasteiger partial charge in [0, 0.05) is 12.7 Å². The molecule has 5 heteroatoms. The lowest BCUT2D eigenvalue weighted by Crippen LogP contribution is -2.38. The van der Waals surface area contributed by atoms with Crippen LogP contribution in [0.4, 0.5) is 10.1 Å². The van der Waals surface area contributed by atoms with E-state index in [-0.39, 0.29) is 12.3 Å². The fraction of sp³-hybridized carbons (Fsp3) is 0.385. The van der Waals surface area contributed by atoms with E-state index in [0.29, 0.717) is 11.3 Å². The largest absolute Gasteiger partial charge is 0.469 e. The minimum absolute atomic E-state index is 0.0941. The second-order valence-corrected chi connectivity index (χ2v) is 4.61. The number of esters is 1. The van der Waals surface area contributed by atoms with E-state index in [1.807, 2.05) is 0 Å². The molecule has 1 aliphatic rings. The highest BCUT2D eigenvalue weighted by atomic mass is 19.1. The molecule has 0 N–H and O–H groups in total. The molecule has 0 saturated carbocycles. The molecule has 2 rings (SSSR count). The Bertz CT molecular complexity index is 529. The molecule has 1 heterocycles. The highest BCUT2D eigenvalue weighted by molar-refractivity contribution is 6.09. The lowest BCUT2D eigenvalue weighted by atomic mass is 9.80. The minimum atomic E-state index is -1.06. The molecule has 0 spiro atoms. The number of rotatable bonds is 2. The number of methoxy groups -OCH3 is 1. The molecule has 1 unspecified atom stereocenters. The first-order chi connectivity index (χ1) is 8.40. The third kappa shape index (κ3) is 1.66. The topological polar surface area (TPSA) is 46.6 Å². The van der Waals surface area contributed by atoms with E-state index in [1.165, 1.54) is 24.1 Å². The molecule has 0 radical (unpaired) electrons. The number of nitrogens with zero attached hydrogens (tertiary/aromatic N) is 1. The van der Waals surface area contributed by atoms with Crippen LogP contribution in [0, 0.1) is 5.82 Å². The summed E-state index contributed by atoms with van der Waals surface area (Å²) in [5.41, 5.74) is 0.104. The Hall–Kier alpha value is -1.91. The number of anilines is 1. The number of hydrogen-bond acceptors (Lipinski definition) is 3. The summed E-state index contributed by atoms with van der Waals surface area (Å²) >= 11 is 0. The van der Waals surface area contributed by atoms with Gasteiger partial charge in [0.15, 0.2) is 0 Å². The molecule has 0 aromatic heterocycles. The van der Waals surface area contributed by atoms with Crippen LogP contribution in [0.3, 0.4) is 0 Å². The van der Waals surface area contributed by atoms with Gasteiger partial charge in [0.1, 0.15) is 5.82 Å². The first-order valence-corrected chi connectivity index (χ1v) is 5.55. The highest BCUT2D eigenvalue weighted by Gasteiger charge is 2.47.